The van der Waals surface area contributed by atoms with Crippen LogP contribution in [0.15, 0.2) is 36.5 Å². The van der Waals surface area contributed by atoms with Gasteiger partial charge in [0.15, 0.2) is 0 Å². The first-order valence-electron chi connectivity index (χ1n) is 8.61. The standard InChI is InChI=1S/C20H29N3O/c1-14(2)12-18(16-10-8-7-9-11-16)22-19(24)17-13-21-23(15(17)3)20(4,5)6/h7-11,13-14,18H,12H2,1-6H3,(H,22,24). The number of hydrogen-bond acceptors (Lipinski definition) is 2. The average Bonchev–Trinajstić information content (AvgIpc) is 2.89. The fourth-order valence-electron chi connectivity index (χ4n) is 2.98. The Hall–Kier alpha value is -2.10. The third kappa shape index (κ3) is 4.25. The van der Waals surface area contributed by atoms with Crippen LogP contribution in [-0.4, -0.2) is 15.7 Å². The van der Waals surface area contributed by atoms with Gasteiger partial charge in [-0.2, -0.15) is 5.10 Å². The number of hydrogen-bond donors (Lipinski definition) is 1. The smallest absolute Gasteiger partial charge is 0.255 e. The van der Waals surface area contributed by atoms with Gasteiger partial charge in [0.25, 0.3) is 5.91 Å². The average molecular weight is 327 g/mol. The molecule has 130 valence electrons. The van der Waals surface area contributed by atoms with E-state index in [1.807, 2.05) is 29.8 Å². The highest BCUT2D eigenvalue weighted by Crippen LogP contribution is 2.23. The first kappa shape index (κ1) is 18.2. The molecule has 0 saturated carbocycles. The topological polar surface area (TPSA) is 46.9 Å². The first-order valence-corrected chi connectivity index (χ1v) is 8.61. The van der Waals surface area contributed by atoms with Crippen molar-refractivity contribution in [1.82, 2.24) is 15.1 Å². The molecule has 0 bridgehead atoms. The number of nitrogens with one attached hydrogen (secondary N) is 1. The van der Waals surface area contributed by atoms with Crippen LogP contribution < -0.4 is 5.32 Å². The van der Waals surface area contributed by atoms with Crippen LogP contribution in [0.25, 0.3) is 0 Å². The fraction of sp³-hybridized carbons (Fsp3) is 0.500. The van der Waals surface area contributed by atoms with Crippen LogP contribution in [0.2, 0.25) is 0 Å². The monoisotopic (exact) mass is 327 g/mol. The highest BCUT2D eigenvalue weighted by atomic mass is 16.1. The molecule has 0 aliphatic rings. The quantitative estimate of drug-likeness (QED) is 0.881. The molecule has 2 rings (SSSR count). The first-order chi connectivity index (χ1) is 11.2. The van der Waals surface area contributed by atoms with Crippen LogP contribution in [0.4, 0.5) is 0 Å². The zero-order valence-corrected chi connectivity index (χ0v) is 15.6. The maximum absolute atomic E-state index is 12.8. The molecule has 0 fully saturated rings. The number of aromatic nitrogens is 2. The summed E-state index contributed by atoms with van der Waals surface area (Å²) in [5, 5.41) is 7.60. The number of rotatable bonds is 5. The van der Waals surface area contributed by atoms with Crippen LogP contribution in [0, 0.1) is 12.8 Å². The van der Waals surface area contributed by atoms with Gasteiger partial charge in [-0.15, -0.1) is 0 Å². The molecule has 0 radical (unpaired) electrons. The minimum atomic E-state index is -0.140. The molecular weight excluding hydrogens is 298 g/mol. The highest BCUT2D eigenvalue weighted by Gasteiger charge is 2.23. The molecule has 0 aliphatic carbocycles. The van der Waals surface area contributed by atoms with Gasteiger partial charge in [-0.1, -0.05) is 44.2 Å². The molecule has 1 amide bonds. The minimum absolute atomic E-state index is 0.0103. The summed E-state index contributed by atoms with van der Waals surface area (Å²) in [4.78, 5) is 12.8. The van der Waals surface area contributed by atoms with Crippen molar-refractivity contribution in [2.24, 2.45) is 5.92 Å². The molecule has 1 aromatic carbocycles. The third-order valence-electron chi connectivity index (χ3n) is 4.10. The number of amides is 1. The van der Waals surface area contributed by atoms with E-state index in [0.717, 1.165) is 17.7 Å². The van der Waals surface area contributed by atoms with Crippen molar-refractivity contribution >= 4 is 5.91 Å². The van der Waals surface area contributed by atoms with Gasteiger partial charge in [0, 0.05) is 5.69 Å². The molecule has 2 aromatic rings. The van der Waals surface area contributed by atoms with Crippen molar-refractivity contribution < 1.29 is 4.79 Å². The molecule has 0 saturated heterocycles. The largest absolute Gasteiger partial charge is 0.345 e. The summed E-state index contributed by atoms with van der Waals surface area (Å²) in [5.74, 6) is 0.436. The summed E-state index contributed by atoms with van der Waals surface area (Å²) >= 11 is 0. The van der Waals surface area contributed by atoms with Crippen molar-refractivity contribution in [2.45, 2.75) is 59.5 Å². The van der Waals surface area contributed by atoms with Crippen LogP contribution in [0.3, 0.4) is 0 Å². The normalized spacial score (nSPS) is 13.1. The summed E-state index contributed by atoms with van der Waals surface area (Å²) in [6, 6.07) is 10.2. The Balaban J connectivity index is 2.24. The zero-order chi connectivity index (χ0) is 17.9. The summed E-state index contributed by atoms with van der Waals surface area (Å²) < 4.78 is 1.90. The van der Waals surface area contributed by atoms with E-state index in [4.69, 9.17) is 0 Å². The Bertz CT molecular complexity index is 681. The number of carbonyl (C=O) groups is 1. The van der Waals surface area contributed by atoms with Gasteiger partial charge in [-0.25, -0.2) is 0 Å². The lowest BCUT2D eigenvalue weighted by Gasteiger charge is -2.23. The summed E-state index contributed by atoms with van der Waals surface area (Å²) in [7, 11) is 0. The van der Waals surface area contributed by atoms with E-state index < -0.39 is 0 Å². The molecule has 1 N–H and O–H groups in total. The third-order valence-corrected chi connectivity index (χ3v) is 4.10. The second-order valence-corrected chi connectivity index (χ2v) is 7.79. The van der Waals surface area contributed by atoms with E-state index in [1.165, 1.54) is 0 Å². The van der Waals surface area contributed by atoms with Crippen molar-refractivity contribution in [3.05, 3.63) is 53.3 Å². The summed E-state index contributed by atoms with van der Waals surface area (Å²) in [6.07, 6.45) is 2.58. The second kappa shape index (κ2) is 7.20. The van der Waals surface area contributed by atoms with Crippen molar-refractivity contribution in [3.8, 4) is 0 Å². The molecule has 1 aromatic heterocycles. The van der Waals surface area contributed by atoms with Crippen molar-refractivity contribution in [1.29, 1.82) is 0 Å². The van der Waals surface area contributed by atoms with Crippen LogP contribution in [0.1, 0.15) is 68.7 Å². The molecule has 0 aliphatic heterocycles. The number of carbonyl (C=O) groups excluding carboxylic acids is 1. The van der Waals surface area contributed by atoms with Gasteiger partial charge >= 0.3 is 0 Å². The predicted molar refractivity (Wildman–Crippen MR) is 98.1 cm³/mol. The Labute approximate surface area is 145 Å². The predicted octanol–water partition coefficient (Wildman–Crippen LogP) is 4.46. The number of benzene rings is 1. The van der Waals surface area contributed by atoms with Crippen LogP contribution in [0.5, 0.6) is 0 Å². The Morgan fingerprint density at radius 2 is 1.83 bits per heavy atom. The van der Waals surface area contributed by atoms with Gasteiger partial charge in [-0.3, -0.25) is 9.48 Å². The maximum Gasteiger partial charge on any atom is 0.255 e. The summed E-state index contributed by atoms with van der Waals surface area (Å²) in [6.45, 7) is 12.5. The van der Waals surface area contributed by atoms with Gasteiger partial charge in [0.1, 0.15) is 0 Å². The van der Waals surface area contributed by atoms with Crippen molar-refractivity contribution in [2.75, 3.05) is 0 Å². The van der Waals surface area contributed by atoms with E-state index in [0.29, 0.717) is 11.5 Å². The molecule has 1 heterocycles. The fourth-order valence-corrected chi connectivity index (χ4v) is 2.98. The Morgan fingerprint density at radius 3 is 2.33 bits per heavy atom. The molecular formula is C20H29N3O. The zero-order valence-electron chi connectivity index (χ0n) is 15.6. The second-order valence-electron chi connectivity index (χ2n) is 7.79. The van der Waals surface area contributed by atoms with Gasteiger partial charge in [-0.05, 0) is 45.6 Å². The lowest BCUT2D eigenvalue weighted by Crippen LogP contribution is -2.30. The molecule has 4 nitrogen and oxygen atoms in total. The van der Waals surface area contributed by atoms with Gasteiger partial charge < -0.3 is 5.32 Å². The van der Waals surface area contributed by atoms with Crippen LogP contribution in [-0.2, 0) is 5.54 Å². The summed E-state index contributed by atoms with van der Waals surface area (Å²) in [5.41, 5.74) is 2.55. The van der Waals surface area contributed by atoms with E-state index in [1.54, 1.807) is 6.20 Å². The Morgan fingerprint density at radius 1 is 1.21 bits per heavy atom. The van der Waals surface area contributed by atoms with E-state index in [2.05, 4.69) is 57.2 Å². The van der Waals surface area contributed by atoms with Crippen molar-refractivity contribution in [3.63, 3.8) is 0 Å². The van der Waals surface area contributed by atoms with E-state index >= 15 is 0 Å². The van der Waals surface area contributed by atoms with E-state index in [9.17, 15) is 4.79 Å². The lowest BCUT2D eigenvalue weighted by atomic mass is 9.96. The van der Waals surface area contributed by atoms with Gasteiger partial charge in [0.2, 0.25) is 0 Å². The molecule has 1 unspecified atom stereocenters. The molecule has 1 atom stereocenters. The highest BCUT2D eigenvalue weighted by molar-refractivity contribution is 5.95. The van der Waals surface area contributed by atoms with Crippen LogP contribution >= 0.6 is 0 Å². The van der Waals surface area contributed by atoms with E-state index in [-0.39, 0.29) is 17.5 Å². The number of nitrogens with zero attached hydrogens (tertiary/aromatic N) is 2. The maximum atomic E-state index is 12.8. The van der Waals surface area contributed by atoms with Gasteiger partial charge in [0.05, 0.1) is 23.3 Å². The SMILES string of the molecule is Cc1c(C(=O)NC(CC(C)C)c2ccccc2)cnn1C(C)(C)C. The molecule has 0 spiro atoms. The lowest BCUT2D eigenvalue weighted by molar-refractivity contribution is 0.0931. The Kier molecular flexibility index (Phi) is 5.47. The molecule has 24 heavy (non-hydrogen) atoms. The molecule has 4 heteroatoms. The minimum Gasteiger partial charge on any atom is -0.345 e.